The number of anilines is 3. The summed E-state index contributed by atoms with van der Waals surface area (Å²) in [5.74, 6) is 8.76. The van der Waals surface area contributed by atoms with Gasteiger partial charge in [0.25, 0.3) is 0 Å². The molecular weight excluding hydrogens is 1410 g/mol. The standard InChI is InChI=1S/C20H22ClN5OS.C13H17Cl2N3O.C10H18O.C10H16O.C7H6N2S.C4H8O.C3Cl3N3.C2H6O.Na.H/c1-20(2)12-4-3-11(14(20)7-12)9-27-19-25-17(21)24-18(26-19)23-13-5-6-15-16(8-13)28-10-22-15;1-13(2)8-4-3-7(9(13)5-8)6-19-12-17-10(14)16-11(15)18-12;2*1-10(2)8-4-3-7(6-11)9(10)5-8;8-5-1-2-6-7(3-5)10-4-9-6;1-2-4-5-3-1;4-1-7-2(5)9-3(6)8-1;1-2-3;;/h5-6,8,10-12,14H,3-4,7,9H2,1-2H3,(H,23,24,25,26);7-9H,3-6H2,1-2H3;7-9,11H,3-6H2,1-2H3;3,8-9,11H,4-6H2,1-2H3;1-4H,8H2;1-4H2;;3H,2H2,1H3;;/q;;;;;;;;+1;-1/t11?,12-,14-;2*7?,8-,9-;8-,9-;;;;;;/m0000....../s1. The summed E-state index contributed by atoms with van der Waals surface area (Å²) in [6.45, 7) is 24.8. The fourth-order valence-corrected chi connectivity index (χ4v) is 18.6. The SMILES string of the molecule is C1CCOC1.CC1(C)[C@H]2CC=C(CO)[C@@H]1C2.CC1(C)[C@H]2CCC(CO)[C@@H]1C2.CC1(C)[C@H]2CCC(COc3nc(Cl)nc(Cl)n3)[C@@H]1C2.CC1(C)[C@H]2CCC(COc3nc(Cl)nc(Nc4ccc5ncsc5c4)n3)[C@@H]1C2.CCO.Clc1nc(Cl)nc(Cl)n1.Nc1ccc2ncsc2c1.[H-].[Na+]. The second-order valence-corrected chi connectivity index (χ2v) is 32.6. The van der Waals surface area contributed by atoms with Gasteiger partial charge >= 0.3 is 41.6 Å². The molecule has 5 aromatic heterocycles. The molecule has 0 amide bonds. The Bertz CT molecular complexity index is 3630. The molecular formula is C69H94Cl6N13NaO6S2. The molecule has 20 rings (SSSR count). The van der Waals surface area contributed by atoms with Crippen molar-refractivity contribution < 1.29 is 60.5 Å². The first-order chi connectivity index (χ1) is 45.7. The van der Waals surface area contributed by atoms with Crippen molar-refractivity contribution in [2.75, 3.05) is 57.3 Å². The summed E-state index contributed by atoms with van der Waals surface area (Å²) >= 11 is 36.7. The number of aliphatic hydroxyl groups excluding tert-OH is 3. The maximum absolute atomic E-state index is 9.12. The molecule has 11 fully saturated rings. The zero-order valence-corrected chi connectivity index (χ0v) is 65.5. The number of benzene rings is 2. The van der Waals surface area contributed by atoms with E-state index in [4.69, 9.17) is 105 Å². The minimum Gasteiger partial charge on any atom is -1.00 e. The molecule has 19 nitrogen and oxygen atoms in total. The van der Waals surface area contributed by atoms with E-state index in [0.717, 1.165) is 86.4 Å². The summed E-state index contributed by atoms with van der Waals surface area (Å²) < 4.78 is 18.8. The number of fused-ring (bicyclic) bond motifs is 9. The van der Waals surface area contributed by atoms with Crippen LogP contribution in [0.4, 0.5) is 17.3 Å². The van der Waals surface area contributed by atoms with Crippen LogP contribution in [0.15, 0.2) is 59.1 Å². The Morgan fingerprint density at radius 1 is 0.557 bits per heavy atom. The number of allylic oxidation sites excluding steroid dienone is 1. The van der Waals surface area contributed by atoms with E-state index in [9.17, 15) is 0 Å². The molecule has 2 aromatic carbocycles. The topological polar surface area (TPSA) is 268 Å². The number of ether oxygens (including phenoxy) is 3. The van der Waals surface area contributed by atoms with Gasteiger partial charge in [0.1, 0.15) is 0 Å². The molecule has 28 heteroatoms. The molecule has 1 saturated heterocycles. The number of rotatable bonds is 10. The average molecular weight is 1500 g/mol. The molecule has 526 valence electrons. The Kier molecular flexibility index (Phi) is 29.3. The van der Waals surface area contributed by atoms with Gasteiger partial charge in [0.15, 0.2) is 0 Å². The molecule has 0 spiro atoms. The van der Waals surface area contributed by atoms with E-state index in [1.165, 1.54) is 89.0 Å². The molecule has 1 aliphatic heterocycles. The zero-order valence-electron chi connectivity index (χ0n) is 58.3. The van der Waals surface area contributed by atoms with E-state index >= 15 is 0 Å². The maximum Gasteiger partial charge on any atom is 1.00 e. The predicted molar refractivity (Wildman–Crippen MR) is 388 cm³/mol. The van der Waals surface area contributed by atoms with Crippen LogP contribution >= 0.6 is 92.3 Å². The van der Waals surface area contributed by atoms with Crippen LogP contribution in [0, 0.1) is 86.8 Å². The summed E-state index contributed by atoms with van der Waals surface area (Å²) in [5, 5.41) is 29.2. The van der Waals surface area contributed by atoms with Gasteiger partial charge in [-0.25, -0.2) is 9.97 Å². The maximum atomic E-state index is 9.12. The molecule has 8 bridgehead atoms. The van der Waals surface area contributed by atoms with Crippen molar-refractivity contribution in [3.05, 3.63) is 90.8 Å². The molecule has 3 unspecified atom stereocenters. The molecule has 7 aromatic rings. The first-order valence-electron chi connectivity index (χ1n) is 33.5. The third-order valence-electron chi connectivity index (χ3n) is 22.3. The monoisotopic (exact) mass is 1500 g/mol. The summed E-state index contributed by atoms with van der Waals surface area (Å²) in [6, 6.07) is 12.2. The molecule has 13 aliphatic rings. The van der Waals surface area contributed by atoms with Crippen LogP contribution < -0.4 is 50.1 Å². The summed E-state index contributed by atoms with van der Waals surface area (Å²) in [6.07, 6.45) is 19.0. The van der Waals surface area contributed by atoms with Gasteiger partial charge in [-0.2, -0.15) is 44.9 Å². The summed E-state index contributed by atoms with van der Waals surface area (Å²) in [7, 11) is 0. The third kappa shape index (κ3) is 20.4. The molecule has 0 radical (unpaired) electrons. The first-order valence-corrected chi connectivity index (χ1v) is 37.5. The fourth-order valence-electron chi connectivity index (χ4n) is 16.1. The molecule has 10 saturated carbocycles. The van der Waals surface area contributed by atoms with Gasteiger partial charge in [0.05, 0.1) is 51.3 Å². The van der Waals surface area contributed by atoms with Crippen LogP contribution in [0.25, 0.3) is 20.4 Å². The van der Waals surface area contributed by atoms with Crippen molar-refractivity contribution >= 4 is 130 Å². The molecule has 6 N–H and O–H groups in total. The van der Waals surface area contributed by atoms with Crippen LogP contribution in [-0.2, 0) is 4.74 Å². The quantitative estimate of drug-likeness (QED) is 0.0484. The van der Waals surface area contributed by atoms with Gasteiger partial charge in [-0.05, 0) is 289 Å². The first kappa shape index (κ1) is 79.5. The van der Waals surface area contributed by atoms with Crippen LogP contribution in [0.2, 0.25) is 31.7 Å². The summed E-state index contributed by atoms with van der Waals surface area (Å²) in [4.78, 5) is 43.1. The number of nitrogen functional groups attached to an aromatic ring is 1. The minimum absolute atomic E-state index is 0. The van der Waals surface area contributed by atoms with Crippen molar-refractivity contribution in [3.63, 3.8) is 0 Å². The van der Waals surface area contributed by atoms with Crippen molar-refractivity contribution in [1.29, 1.82) is 0 Å². The Balaban J connectivity index is 0.000000169. The number of hydrogen-bond acceptors (Lipinski definition) is 21. The van der Waals surface area contributed by atoms with Gasteiger partial charge in [-0.1, -0.05) is 61.5 Å². The largest absolute Gasteiger partial charge is 1.00 e. The van der Waals surface area contributed by atoms with Crippen molar-refractivity contribution in [2.24, 2.45) is 86.8 Å². The van der Waals surface area contributed by atoms with Crippen molar-refractivity contribution in [1.82, 2.24) is 54.8 Å². The van der Waals surface area contributed by atoms with Gasteiger partial charge in [-0.3, -0.25) is 0 Å². The zero-order chi connectivity index (χ0) is 69.1. The number of nitrogens with two attached hydrogens (primary N) is 1. The predicted octanol–water partition coefficient (Wildman–Crippen LogP) is 14.6. The number of hydrogen-bond donors (Lipinski definition) is 5. The number of nitrogens with one attached hydrogen (secondary N) is 1. The molecule has 97 heavy (non-hydrogen) atoms. The Morgan fingerprint density at radius 2 is 0.990 bits per heavy atom. The van der Waals surface area contributed by atoms with Crippen LogP contribution in [0.1, 0.15) is 147 Å². The van der Waals surface area contributed by atoms with E-state index < -0.39 is 0 Å². The van der Waals surface area contributed by atoms with E-state index in [0.29, 0.717) is 71.1 Å². The van der Waals surface area contributed by atoms with E-state index in [1.807, 2.05) is 47.4 Å². The van der Waals surface area contributed by atoms with Gasteiger partial charge in [0, 0.05) is 37.8 Å². The second kappa shape index (κ2) is 35.8. The number of halogens is 6. The fraction of sp³-hybridized carbons (Fsp3) is 0.638. The van der Waals surface area contributed by atoms with Gasteiger partial charge < -0.3 is 42.0 Å². The Labute approximate surface area is 632 Å². The van der Waals surface area contributed by atoms with Gasteiger partial charge in [0.2, 0.25) is 37.6 Å². The Morgan fingerprint density at radius 3 is 1.39 bits per heavy atom. The third-order valence-corrected chi connectivity index (χ3v) is 24.9. The second-order valence-electron chi connectivity index (χ2n) is 28.8. The van der Waals surface area contributed by atoms with E-state index in [1.54, 1.807) is 29.6 Å². The average Bonchev–Trinajstić information content (AvgIpc) is 0.804. The van der Waals surface area contributed by atoms with Crippen LogP contribution in [0.3, 0.4) is 0 Å². The number of aromatic nitrogens is 11. The van der Waals surface area contributed by atoms with Gasteiger partial charge in [-0.15, -0.1) is 22.7 Å². The normalized spacial score (nSPS) is 26.7. The molecule has 6 heterocycles. The number of aliphatic hydroxyl groups is 3. The smallest absolute Gasteiger partial charge is 1.00 e. The number of thiazole rings is 2. The minimum atomic E-state index is 0. The summed E-state index contributed by atoms with van der Waals surface area (Å²) in [5.41, 5.74) is 16.1. The van der Waals surface area contributed by atoms with Crippen LogP contribution in [0.5, 0.6) is 12.0 Å². The van der Waals surface area contributed by atoms with Crippen molar-refractivity contribution in [2.45, 2.75) is 146 Å². The van der Waals surface area contributed by atoms with Crippen molar-refractivity contribution in [3.8, 4) is 12.0 Å². The molecule has 12 aliphatic carbocycles. The number of nitrogens with zero attached hydrogens (tertiary/aromatic N) is 11. The van der Waals surface area contributed by atoms with E-state index in [2.05, 4.69) is 122 Å². The molecule has 11 atom stereocenters. The van der Waals surface area contributed by atoms with E-state index in [-0.39, 0.29) is 87.9 Å². The van der Waals surface area contributed by atoms with Crippen LogP contribution in [-0.4, -0.2) is 116 Å². The Hall–Kier alpha value is -3.23.